The molecule has 0 aliphatic heterocycles. The summed E-state index contributed by atoms with van der Waals surface area (Å²) < 4.78 is 1.15. The Morgan fingerprint density at radius 3 is 2.10 bits per heavy atom. The average Bonchev–Trinajstić information content (AvgIpc) is 2.83. The van der Waals surface area contributed by atoms with E-state index in [1.165, 1.54) is 24.3 Å². The third-order valence-corrected chi connectivity index (χ3v) is 4.59. The van der Waals surface area contributed by atoms with E-state index in [1.807, 2.05) is 12.1 Å². The fraction of sp³-hybridized carbons (Fsp3) is 0. The van der Waals surface area contributed by atoms with Gasteiger partial charge in [-0.05, 0) is 42.5 Å². The quantitative estimate of drug-likeness (QED) is 0.504. The van der Waals surface area contributed by atoms with Crippen LogP contribution in [0.25, 0.3) is 16.5 Å². The molecule has 1 heterocycles. The minimum absolute atomic E-state index is 0.0146. The molecule has 2 N–H and O–H groups in total. The van der Waals surface area contributed by atoms with Crippen molar-refractivity contribution in [2.24, 2.45) is 0 Å². The standard InChI is InChI=1S/C23H15N5O3/c24-14-15-10-12-16(13-11-15)21(29)25-26-22(30)20-18-8-4-5-9-19(18)23(31)28(27-20)17-6-2-1-3-7-17/h1-13H,(H,25,29)(H,26,30). The molecule has 0 saturated heterocycles. The van der Waals surface area contributed by atoms with Gasteiger partial charge in [0.25, 0.3) is 17.4 Å². The minimum atomic E-state index is -0.678. The largest absolute Gasteiger partial charge is 0.290 e. The number of amides is 2. The van der Waals surface area contributed by atoms with Gasteiger partial charge in [0.1, 0.15) is 0 Å². The van der Waals surface area contributed by atoms with E-state index < -0.39 is 11.8 Å². The summed E-state index contributed by atoms with van der Waals surface area (Å²) in [5.41, 5.74) is 5.48. The number of nitrogens with one attached hydrogen (secondary N) is 2. The highest BCUT2D eigenvalue weighted by molar-refractivity contribution is 6.06. The zero-order valence-corrected chi connectivity index (χ0v) is 16.1. The Kier molecular flexibility index (Phi) is 5.24. The lowest BCUT2D eigenvalue weighted by Crippen LogP contribution is -2.42. The number of para-hydroxylation sites is 1. The van der Waals surface area contributed by atoms with Crippen molar-refractivity contribution in [1.82, 2.24) is 20.6 Å². The van der Waals surface area contributed by atoms with Gasteiger partial charge in [-0.1, -0.05) is 36.4 Å². The van der Waals surface area contributed by atoms with Crippen LogP contribution in [-0.2, 0) is 0 Å². The van der Waals surface area contributed by atoms with Gasteiger partial charge in [0.05, 0.1) is 22.7 Å². The summed E-state index contributed by atoms with van der Waals surface area (Å²) in [4.78, 5) is 38.0. The lowest BCUT2D eigenvalue weighted by molar-refractivity contribution is 0.0844. The second-order valence-corrected chi connectivity index (χ2v) is 6.54. The lowest BCUT2D eigenvalue weighted by Gasteiger charge is -2.12. The van der Waals surface area contributed by atoms with Gasteiger partial charge in [-0.25, -0.2) is 0 Å². The van der Waals surface area contributed by atoms with Crippen molar-refractivity contribution >= 4 is 22.6 Å². The Labute approximate surface area is 176 Å². The second-order valence-electron chi connectivity index (χ2n) is 6.54. The minimum Gasteiger partial charge on any atom is -0.267 e. The molecule has 0 atom stereocenters. The molecule has 0 radical (unpaired) electrons. The molecule has 0 bridgehead atoms. The zero-order valence-electron chi connectivity index (χ0n) is 16.1. The van der Waals surface area contributed by atoms with E-state index in [0.29, 0.717) is 22.0 Å². The van der Waals surface area contributed by atoms with Crippen LogP contribution in [0.2, 0.25) is 0 Å². The van der Waals surface area contributed by atoms with Crippen molar-refractivity contribution in [2.75, 3.05) is 0 Å². The number of fused-ring (bicyclic) bond motifs is 1. The number of benzene rings is 3. The van der Waals surface area contributed by atoms with E-state index in [9.17, 15) is 14.4 Å². The summed E-state index contributed by atoms with van der Waals surface area (Å²) in [6, 6.07) is 23.3. The first-order valence-corrected chi connectivity index (χ1v) is 9.27. The summed E-state index contributed by atoms with van der Waals surface area (Å²) in [6.45, 7) is 0. The number of hydrazine groups is 1. The van der Waals surface area contributed by atoms with Gasteiger partial charge in [0, 0.05) is 10.9 Å². The molecular weight excluding hydrogens is 394 g/mol. The predicted molar refractivity (Wildman–Crippen MR) is 113 cm³/mol. The van der Waals surface area contributed by atoms with Crippen LogP contribution in [0.5, 0.6) is 0 Å². The fourth-order valence-electron chi connectivity index (χ4n) is 3.04. The molecule has 0 unspecified atom stereocenters. The molecule has 150 valence electrons. The lowest BCUT2D eigenvalue weighted by atomic mass is 10.1. The molecule has 31 heavy (non-hydrogen) atoms. The molecule has 8 nitrogen and oxygen atoms in total. The number of nitriles is 1. The molecule has 8 heteroatoms. The summed E-state index contributed by atoms with van der Waals surface area (Å²) in [5, 5.41) is 13.8. The summed E-state index contributed by atoms with van der Waals surface area (Å²) in [6.07, 6.45) is 0. The van der Waals surface area contributed by atoms with Crippen LogP contribution in [0.4, 0.5) is 0 Å². The molecule has 0 saturated carbocycles. The van der Waals surface area contributed by atoms with Crippen molar-refractivity contribution in [1.29, 1.82) is 5.26 Å². The molecule has 1 aromatic heterocycles. The molecular formula is C23H15N5O3. The maximum atomic E-state index is 12.9. The van der Waals surface area contributed by atoms with Crippen molar-refractivity contribution in [3.05, 3.63) is 106 Å². The Morgan fingerprint density at radius 2 is 1.42 bits per heavy atom. The fourth-order valence-corrected chi connectivity index (χ4v) is 3.04. The summed E-state index contributed by atoms with van der Waals surface area (Å²) >= 11 is 0. The molecule has 0 aliphatic rings. The van der Waals surface area contributed by atoms with E-state index in [-0.39, 0.29) is 16.8 Å². The molecule has 0 spiro atoms. The van der Waals surface area contributed by atoms with Crippen LogP contribution in [0.1, 0.15) is 26.4 Å². The van der Waals surface area contributed by atoms with Gasteiger partial charge < -0.3 is 0 Å². The van der Waals surface area contributed by atoms with Crippen LogP contribution < -0.4 is 16.4 Å². The highest BCUT2D eigenvalue weighted by Gasteiger charge is 2.18. The normalized spacial score (nSPS) is 10.3. The topological polar surface area (TPSA) is 117 Å². The third kappa shape index (κ3) is 3.88. The van der Waals surface area contributed by atoms with E-state index in [4.69, 9.17) is 5.26 Å². The molecule has 4 rings (SSSR count). The maximum absolute atomic E-state index is 12.9. The van der Waals surface area contributed by atoms with Gasteiger partial charge in [-0.3, -0.25) is 25.2 Å². The Hall–Kier alpha value is -4.77. The number of nitrogens with zero attached hydrogens (tertiary/aromatic N) is 3. The van der Waals surface area contributed by atoms with Crippen LogP contribution in [0.3, 0.4) is 0 Å². The molecule has 4 aromatic rings. The first-order valence-electron chi connectivity index (χ1n) is 9.27. The molecule has 0 aliphatic carbocycles. The number of rotatable bonds is 3. The Balaban J connectivity index is 1.66. The highest BCUT2D eigenvalue weighted by Crippen LogP contribution is 2.15. The zero-order chi connectivity index (χ0) is 21.8. The van der Waals surface area contributed by atoms with Crippen molar-refractivity contribution in [3.63, 3.8) is 0 Å². The first kappa shape index (κ1) is 19.5. The first-order chi connectivity index (χ1) is 15.1. The van der Waals surface area contributed by atoms with Gasteiger partial charge in [0.2, 0.25) is 0 Å². The molecule has 0 fully saturated rings. The average molecular weight is 409 g/mol. The maximum Gasteiger partial charge on any atom is 0.290 e. The predicted octanol–water partition coefficient (Wildman–Crippen LogP) is 2.33. The van der Waals surface area contributed by atoms with Crippen LogP contribution >= 0.6 is 0 Å². The number of carbonyl (C=O) groups excluding carboxylic acids is 2. The van der Waals surface area contributed by atoms with E-state index in [0.717, 1.165) is 4.68 Å². The van der Waals surface area contributed by atoms with Crippen molar-refractivity contribution in [3.8, 4) is 11.8 Å². The van der Waals surface area contributed by atoms with Crippen molar-refractivity contribution in [2.45, 2.75) is 0 Å². The van der Waals surface area contributed by atoms with Crippen LogP contribution in [0.15, 0.2) is 83.7 Å². The van der Waals surface area contributed by atoms with E-state index >= 15 is 0 Å². The number of aromatic nitrogens is 2. The Bertz CT molecular complexity index is 1390. The van der Waals surface area contributed by atoms with Crippen LogP contribution in [-0.4, -0.2) is 21.6 Å². The van der Waals surface area contributed by atoms with Gasteiger partial charge in [0.15, 0.2) is 5.69 Å². The third-order valence-electron chi connectivity index (χ3n) is 4.59. The van der Waals surface area contributed by atoms with Gasteiger partial charge in [-0.2, -0.15) is 15.0 Å². The Morgan fingerprint density at radius 1 is 0.806 bits per heavy atom. The molecule has 2 amide bonds. The van der Waals surface area contributed by atoms with Crippen molar-refractivity contribution < 1.29 is 9.59 Å². The summed E-state index contributed by atoms with van der Waals surface area (Å²) in [7, 11) is 0. The van der Waals surface area contributed by atoms with E-state index in [1.54, 1.807) is 48.5 Å². The number of hydrogen-bond acceptors (Lipinski definition) is 5. The number of carbonyl (C=O) groups is 2. The highest BCUT2D eigenvalue weighted by atomic mass is 16.2. The van der Waals surface area contributed by atoms with Gasteiger partial charge >= 0.3 is 0 Å². The smallest absolute Gasteiger partial charge is 0.267 e. The SMILES string of the molecule is N#Cc1ccc(C(=O)NNC(=O)c2nn(-c3ccccc3)c(=O)c3ccccc23)cc1. The second kappa shape index (κ2) is 8.31. The van der Waals surface area contributed by atoms with Crippen LogP contribution in [0, 0.1) is 11.3 Å². The number of hydrogen-bond donors (Lipinski definition) is 2. The van der Waals surface area contributed by atoms with Gasteiger partial charge in [-0.15, -0.1) is 0 Å². The van der Waals surface area contributed by atoms with E-state index in [2.05, 4.69) is 16.0 Å². The molecule has 3 aromatic carbocycles. The monoisotopic (exact) mass is 409 g/mol. The summed E-state index contributed by atoms with van der Waals surface area (Å²) in [5.74, 6) is -1.23.